The number of nitrogens with zero attached hydrogens (tertiary/aromatic N) is 3. The maximum absolute atomic E-state index is 13.8. The van der Waals surface area contributed by atoms with Crippen molar-refractivity contribution in [2.45, 2.75) is 20.1 Å². The van der Waals surface area contributed by atoms with Crippen molar-refractivity contribution in [3.63, 3.8) is 0 Å². The molecule has 0 saturated carbocycles. The van der Waals surface area contributed by atoms with Crippen molar-refractivity contribution in [3.8, 4) is 11.6 Å². The molecule has 0 aliphatic carbocycles. The van der Waals surface area contributed by atoms with E-state index < -0.39 is 24.2 Å². The number of alkyl halides is 2. The molecule has 3 rings (SSSR count). The van der Waals surface area contributed by atoms with Crippen molar-refractivity contribution in [2.24, 2.45) is 7.05 Å². The summed E-state index contributed by atoms with van der Waals surface area (Å²) in [6.45, 7) is -1.28. The van der Waals surface area contributed by atoms with Gasteiger partial charge in [0.1, 0.15) is 11.6 Å². The van der Waals surface area contributed by atoms with Crippen molar-refractivity contribution >= 4 is 16.9 Å². The van der Waals surface area contributed by atoms with Gasteiger partial charge in [-0.1, -0.05) is 0 Å². The first-order valence-corrected chi connectivity index (χ1v) is 8.19. The lowest BCUT2D eigenvalue weighted by molar-refractivity contribution is -0.0553. The van der Waals surface area contributed by atoms with E-state index in [0.717, 1.165) is 29.1 Å². The lowest BCUT2D eigenvalue weighted by Gasteiger charge is -2.13. The molecule has 2 aromatic heterocycles. The highest BCUT2D eigenvalue weighted by atomic mass is 19.3. The third-order valence-electron chi connectivity index (χ3n) is 4.24. The minimum absolute atomic E-state index is 0.0786. The Bertz CT molecular complexity index is 1040. The molecule has 7 nitrogen and oxygen atoms in total. The second kappa shape index (κ2) is 7.75. The first kappa shape index (κ1) is 19.5. The minimum atomic E-state index is -3.21. The average molecular weight is 394 g/mol. The van der Waals surface area contributed by atoms with Crippen LogP contribution in [-0.4, -0.2) is 34.2 Å². The highest BCUT2D eigenvalue weighted by Gasteiger charge is 2.18. The lowest BCUT2D eigenvalue weighted by atomic mass is 10.1. The summed E-state index contributed by atoms with van der Waals surface area (Å²) in [5, 5.41) is 2.65. The Morgan fingerprint density at radius 2 is 2.11 bits per heavy atom. The van der Waals surface area contributed by atoms with Crippen molar-refractivity contribution in [3.05, 3.63) is 47.2 Å². The second-order valence-electron chi connectivity index (χ2n) is 5.90. The number of aryl methyl sites for hydroxylation is 2. The Morgan fingerprint density at radius 1 is 1.36 bits per heavy atom. The number of carbonyl (C=O) groups excluding carboxylic acids is 1. The quantitative estimate of drug-likeness (QED) is 0.696. The number of nitrogens with one attached hydrogen (secondary N) is 1. The van der Waals surface area contributed by atoms with Gasteiger partial charge in [0.25, 0.3) is 11.8 Å². The number of ether oxygens (including phenoxy) is 2. The largest absolute Gasteiger partial charge is 0.496 e. The molecular weight excluding hydrogens is 377 g/mol. The third kappa shape index (κ3) is 3.71. The standard InChI is InChI=1S/C18H17F3N4O3/c1-9-24-13-4-5-14(27-3)11(15(13)25(9)2)8-22-16(26)10-6-12(19)17(23-7-10)28-18(20)21/h4-7,18H,8H2,1-3H3,(H,22,26). The van der Waals surface area contributed by atoms with Crippen LogP contribution in [0.2, 0.25) is 0 Å². The molecule has 0 aliphatic rings. The summed E-state index contributed by atoms with van der Waals surface area (Å²) in [7, 11) is 3.35. The number of pyridine rings is 1. The second-order valence-corrected chi connectivity index (χ2v) is 5.90. The van der Waals surface area contributed by atoms with Gasteiger partial charge in [-0.3, -0.25) is 4.79 Å². The first-order valence-electron chi connectivity index (χ1n) is 8.19. The average Bonchev–Trinajstić information content (AvgIpc) is 2.95. The Kier molecular flexibility index (Phi) is 5.39. The van der Waals surface area contributed by atoms with Crippen LogP contribution < -0.4 is 14.8 Å². The summed E-state index contributed by atoms with van der Waals surface area (Å²) in [6.07, 6.45) is 0.960. The van der Waals surface area contributed by atoms with Crippen LogP contribution in [-0.2, 0) is 13.6 Å². The Labute approximate surface area is 158 Å². The smallest absolute Gasteiger partial charge is 0.388 e. The van der Waals surface area contributed by atoms with Crippen LogP contribution >= 0.6 is 0 Å². The van der Waals surface area contributed by atoms with E-state index in [1.165, 1.54) is 7.11 Å². The number of methoxy groups -OCH3 is 1. The highest BCUT2D eigenvalue weighted by molar-refractivity contribution is 5.94. The minimum Gasteiger partial charge on any atom is -0.496 e. The van der Waals surface area contributed by atoms with Gasteiger partial charge in [0.15, 0.2) is 5.82 Å². The molecular formula is C18H17F3N4O3. The van der Waals surface area contributed by atoms with Gasteiger partial charge in [-0.2, -0.15) is 8.78 Å². The number of aromatic nitrogens is 3. The number of rotatable bonds is 6. The maximum atomic E-state index is 13.8. The van der Waals surface area contributed by atoms with Gasteiger partial charge < -0.3 is 19.4 Å². The van der Waals surface area contributed by atoms with Crippen LogP contribution in [0, 0.1) is 12.7 Å². The van der Waals surface area contributed by atoms with Crippen LogP contribution in [0.15, 0.2) is 24.4 Å². The molecule has 1 N–H and O–H groups in total. The van der Waals surface area contributed by atoms with E-state index in [2.05, 4.69) is 20.0 Å². The molecule has 3 aromatic rings. The molecule has 148 valence electrons. The molecule has 0 bridgehead atoms. The molecule has 0 radical (unpaired) electrons. The predicted octanol–water partition coefficient (Wildman–Crippen LogP) is 2.96. The zero-order chi connectivity index (χ0) is 20.4. The molecule has 28 heavy (non-hydrogen) atoms. The molecule has 0 saturated heterocycles. The van der Waals surface area contributed by atoms with Crippen LogP contribution in [0.5, 0.6) is 11.6 Å². The zero-order valence-electron chi connectivity index (χ0n) is 15.3. The predicted molar refractivity (Wildman–Crippen MR) is 94.0 cm³/mol. The van der Waals surface area contributed by atoms with E-state index in [9.17, 15) is 18.0 Å². The SMILES string of the molecule is COc1ccc2nc(C)n(C)c2c1CNC(=O)c1cnc(OC(F)F)c(F)c1. The zero-order valence-corrected chi connectivity index (χ0v) is 15.3. The van der Waals surface area contributed by atoms with Crippen LogP contribution in [0.25, 0.3) is 11.0 Å². The molecule has 0 spiro atoms. The number of imidazole rings is 1. The van der Waals surface area contributed by atoms with Gasteiger partial charge in [0, 0.05) is 25.4 Å². The number of hydrogen-bond donors (Lipinski definition) is 1. The van der Waals surface area contributed by atoms with Crippen LogP contribution in [0.1, 0.15) is 21.7 Å². The van der Waals surface area contributed by atoms with Crippen LogP contribution in [0.4, 0.5) is 13.2 Å². The maximum Gasteiger partial charge on any atom is 0.388 e. The van der Waals surface area contributed by atoms with Gasteiger partial charge in [0.05, 0.1) is 23.7 Å². The summed E-state index contributed by atoms with van der Waals surface area (Å²) in [5.74, 6) is -1.32. The molecule has 2 heterocycles. The number of halogens is 3. The fourth-order valence-electron chi connectivity index (χ4n) is 2.83. The monoisotopic (exact) mass is 394 g/mol. The number of carbonyl (C=O) groups is 1. The van der Waals surface area contributed by atoms with Crippen molar-refractivity contribution in [2.75, 3.05) is 7.11 Å². The summed E-state index contributed by atoms with van der Waals surface area (Å²) in [4.78, 5) is 20.2. The normalized spacial score (nSPS) is 11.1. The first-order chi connectivity index (χ1) is 13.3. The lowest BCUT2D eigenvalue weighted by Crippen LogP contribution is -2.24. The summed E-state index contributed by atoms with van der Waals surface area (Å²) < 4.78 is 49.3. The van der Waals surface area contributed by atoms with E-state index in [0.29, 0.717) is 11.3 Å². The molecule has 0 fully saturated rings. The van der Waals surface area contributed by atoms with Gasteiger partial charge in [-0.15, -0.1) is 0 Å². The summed E-state index contributed by atoms with van der Waals surface area (Å²) >= 11 is 0. The molecule has 1 aromatic carbocycles. The van der Waals surface area contributed by atoms with Crippen molar-refractivity contribution in [1.82, 2.24) is 19.9 Å². The highest BCUT2D eigenvalue weighted by Crippen LogP contribution is 2.28. The number of amides is 1. The molecule has 1 amide bonds. The van der Waals surface area contributed by atoms with E-state index >= 15 is 0 Å². The number of fused-ring (bicyclic) bond motifs is 1. The van der Waals surface area contributed by atoms with E-state index in [-0.39, 0.29) is 12.1 Å². The summed E-state index contributed by atoms with van der Waals surface area (Å²) in [5.41, 5.74) is 2.10. The third-order valence-corrected chi connectivity index (χ3v) is 4.24. The van der Waals surface area contributed by atoms with Gasteiger partial charge in [-0.25, -0.2) is 14.4 Å². The number of hydrogen-bond acceptors (Lipinski definition) is 5. The van der Waals surface area contributed by atoms with Gasteiger partial charge in [-0.05, 0) is 25.1 Å². The fourth-order valence-corrected chi connectivity index (χ4v) is 2.83. The Morgan fingerprint density at radius 3 is 2.75 bits per heavy atom. The van der Waals surface area contributed by atoms with E-state index in [4.69, 9.17) is 4.74 Å². The molecule has 0 aliphatic heterocycles. The molecule has 10 heteroatoms. The van der Waals surface area contributed by atoms with Crippen LogP contribution in [0.3, 0.4) is 0 Å². The number of benzene rings is 1. The Balaban J connectivity index is 1.84. The Hall–Kier alpha value is -3.30. The fraction of sp³-hybridized carbons (Fsp3) is 0.278. The van der Waals surface area contributed by atoms with Crippen molar-refractivity contribution < 1.29 is 27.4 Å². The van der Waals surface area contributed by atoms with Gasteiger partial charge in [0.2, 0.25) is 0 Å². The van der Waals surface area contributed by atoms with Gasteiger partial charge >= 0.3 is 6.61 Å². The van der Waals surface area contributed by atoms with Crippen molar-refractivity contribution in [1.29, 1.82) is 0 Å². The van der Waals surface area contributed by atoms with E-state index in [1.54, 1.807) is 6.07 Å². The summed E-state index contributed by atoms with van der Waals surface area (Å²) in [6, 6.07) is 4.34. The molecule has 0 unspecified atom stereocenters. The topological polar surface area (TPSA) is 78.3 Å². The molecule has 0 atom stereocenters. The van der Waals surface area contributed by atoms with E-state index in [1.807, 2.05) is 24.6 Å².